The number of hydrogen-bond acceptors (Lipinski definition) is 12. The summed E-state index contributed by atoms with van der Waals surface area (Å²) in [5.41, 5.74) is 0.854. The normalized spacial score (nSPS) is 20.0. The summed E-state index contributed by atoms with van der Waals surface area (Å²) in [6, 6.07) is 4.94. The monoisotopic (exact) mass is 670 g/mol. The minimum atomic E-state index is -2.85. The van der Waals surface area contributed by atoms with E-state index in [1.807, 2.05) is 20.8 Å². The number of nitrogens with one attached hydrogen (secondary N) is 2. The Morgan fingerprint density at radius 1 is 1.04 bits per heavy atom. The molecule has 1 fully saturated rings. The average molecular weight is 671 g/mol. The molecule has 0 bridgehead atoms. The van der Waals surface area contributed by atoms with E-state index in [4.69, 9.17) is 27.5 Å². The number of carbonyl (C=O) groups excluding carboxylic acids is 4. The fourth-order valence-electron chi connectivity index (χ4n) is 5.62. The lowest BCUT2D eigenvalue weighted by molar-refractivity contribution is -0.141. The van der Waals surface area contributed by atoms with E-state index in [0.29, 0.717) is 37.8 Å². The molecule has 258 valence electrons. The summed E-state index contributed by atoms with van der Waals surface area (Å²) in [7, 11) is -1.46. The summed E-state index contributed by atoms with van der Waals surface area (Å²) in [6.07, 6.45) is -2.48. The van der Waals surface area contributed by atoms with Gasteiger partial charge in [0.2, 0.25) is 11.8 Å². The number of aryl methyl sites for hydroxylation is 1. The van der Waals surface area contributed by atoms with E-state index < -0.39 is 75.7 Å². The van der Waals surface area contributed by atoms with Gasteiger partial charge in [0.25, 0.3) is 6.47 Å². The van der Waals surface area contributed by atoms with Crippen molar-refractivity contribution in [1.82, 2.24) is 5.32 Å². The number of rotatable bonds is 21. The van der Waals surface area contributed by atoms with Gasteiger partial charge in [-0.1, -0.05) is 0 Å². The zero-order chi connectivity index (χ0) is 34.3. The third-order valence-electron chi connectivity index (χ3n) is 7.36. The highest BCUT2D eigenvalue weighted by atomic mass is 28.4. The Morgan fingerprint density at radius 3 is 2.26 bits per heavy atom. The van der Waals surface area contributed by atoms with Crippen molar-refractivity contribution >= 4 is 44.7 Å². The summed E-state index contributed by atoms with van der Waals surface area (Å²) in [5.74, 6) is -6.12. The fourth-order valence-corrected chi connectivity index (χ4v) is 8.20. The second-order valence-electron chi connectivity index (χ2n) is 10.6. The molecule has 4 N–H and O–H groups in total. The van der Waals surface area contributed by atoms with Gasteiger partial charge >= 0.3 is 20.7 Å². The number of aliphatic carboxylic acids is 1. The predicted molar refractivity (Wildman–Crippen MR) is 164 cm³/mol. The lowest BCUT2D eigenvalue weighted by atomic mass is 9.85. The number of aliphatic hydroxyl groups is 1. The van der Waals surface area contributed by atoms with Crippen LogP contribution in [0.15, 0.2) is 18.2 Å². The highest BCUT2D eigenvalue weighted by Crippen LogP contribution is 2.42. The van der Waals surface area contributed by atoms with Crippen LogP contribution < -0.4 is 10.6 Å². The van der Waals surface area contributed by atoms with Crippen LogP contribution in [0.25, 0.3) is 0 Å². The molecule has 1 aromatic rings. The summed E-state index contributed by atoms with van der Waals surface area (Å²) < 4.78 is 33.1. The largest absolute Gasteiger partial charge is 0.501 e. The van der Waals surface area contributed by atoms with E-state index in [1.54, 1.807) is 13.0 Å². The van der Waals surface area contributed by atoms with Crippen LogP contribution in [0.5, 0.6) is 0 Å². The van der Waals surface area contributed by atoms with Gasteiger partial charge in [0, 0.05) is 57.5 Å². The summed E-state index contributed by atoms with van der Waals surface area (Å²) in [6.45, 7) is 8.42. The number of carboxylic acid groups (broad SMARTS) is 1. The Kier molecular flexibility index (Phi) is 16.3. The van der Waals surface area contributed by atoms with Crippen molar-refractivity contribution in [3.63, 3.8) is 0 Å². The number of esters is 1. The Morgan fingerprint density at radius 2 is 1.70 bits per heavy atom. The van der Waals surface area contributed by atoms with Crippen LogP contribution in [0.2, 0.25) is 6.04 Å². The molecule has 5 unspecified atom stereocenters. The number of amides is 2. The molecule has 1 saturated carbocycles. The number of carbonyl (C=O) groups is 5. The van der Waals surface area contributed by atoms with Gasteiger partial charge in [0.15, 0.2) is 6.29 Å². The van der Waals surface area contributed by atoms with Gasteiger partial charge < -0.3 is 48.3 Å². The first-order valence-corrected chi connectivity index (χ1v) is 17.2. The van der Waals surface area contributed by atoms with Gasteiger partial charge in [0.1, 0.15) is 12.7 Å². The van der Waals surface area contributed by atoms with Crippen LogP contribution in [0, 0.1) is 24.7 Å². The minimum absolute atomic E-state index is 0.0292. The number of aliphatic hydroxyl groups excluding tert-OH is 1. The third-order valence-corrected chi connectivity index (χ3v) is 10.5. The third kappa shape index (κ3) is 11.4. The SMILES string of the molecule is CCO[Si](CCCOC(O)COC(=O)c1cc(C)cc(NC(=O)C2C(OC=O)CC(C(=O)NC)C2CC(=O)O)c1)(OCC)OCC. The van der Waals surface area contributed by atoms with E-state index in [9.17, 15) is 34.2 Å². The molecule has 16 heteroatoms. The Hall–Kier alpha value is -3.41. The molecule has 0 heterocycles. The molecule has 1 aliphatic carbocycles. The first-order chi connectivity index (χ1) is 21.9. The molecule has 2 amide bonds. The van der Waals surface area contributed by atoms with Gasteiger partial charge in [-0.05, 0) is 70.2 Å². The van der Waals surface area contributed by atoms with E-state index in [0.717, 1.165) is 0 Å². The predicted octanol–water partition coefficient (Wildman–Crippen LogP) is 1.88. The van der Waals surface area contributed by atoms with Crippen LogP contribution in [-0.2, 0) is 46.7 Å². The van der Waals surface area contributed by atoms with Crippen LogP contribution >= 0.6 is 0 Å². The highest BCUT2D eigenvalue weighted by molar-refractivity contribution is 6.60. The van der Waals surface area contributed by atoms with Gasteiger partial charge in [-0.25, -0.2) is 4.79 Å². The van der Waals surface area contributed by atoms with Crippen molar-refractivity contribution in [2.45, 2.75) is 65.4 Å². The maximum Gasteiger partial charge on any atom is 0.501 e. The van der Waals surface area contributed by atoms with Gasteiger partial charge in [-0.3, -0.25) is 19.2 Å². The molecule has 0 aromatic heterocycles. The smallest absolute Gasteiger partial charge is 0.481 e. The van der Waals surface area contributed by atoms with Gasteiger partial charge in [-0.15, -0.1) is 0 Å². The van der Waals surface area contributed by atoms with Crippen LogP contribution in [0.4, 0.5) is 5.69 Å². The summed E-state index contributed by atoms with van der Waals surface area (Å²) >= 11 is 0. The maximum absolute atomic E-state index is 13.4. The number of hydrogen-bond donors (Lipinski definition) is 4. The minimum Gasteiger partial charge on any atom is -0.481 e. The lowest BCUT2D eigenvalue weighted by Gasteiger charge is -2.28. The number of benzene rings is 1. The molecule has 0 radical (unpaired) electrons. The molecule has 1 aliphatic rings. The Labute approximate surface area is 269 Å². The maximum atomic E-state index is 13.4. The lowest BCUT2D eigenvalue weighted by Crippen LogP contribution is -2.46. The van der Waals surface area contributed by atoms with E-state index in [1.165, 1.54) is 19.2 Å². The van der Waals surface area contributed by atoms with Crippen LogP contribution in [0.1, 0.15) is 56.0 Å². The molecular formula is C30H46N2O13Si. The first-order valence-electron chi connectivity index (χ1n) is 15.3. The zero-order valence-electron chi connectivity index (χ0n) is 26.9. The van der Waals surface area contributed by atoms with Crippen molar-refractivity contribution in [3.8, 4) is 0 Å². The van der Waals surface area contributed by atoms with E-state index >= 15 is 0 Å². The Balaban J connectivity index is 2.03. The van der Waals surface area contributed by atoms with Crippen molar-refractivity contribution in [2.75, 3.05) is 45.4 Å². The first kappa shape index (κ1) is 38.8. The molecule has 1 aromatic carbocycles. The Bertz CT molecular complexity index is 1170. The second kappa shape index (κ2) is 19.3. The van der Waals surface area contributed by atoms with Gasteiger partial charge in [0.05, 0.1) is 11.5 Å². The van der Waals surface area contributed by atoms with Crippen molar-refractivity contribution in [2.24, 2.45) is 17.8 Å². The number of anilines is 1. The topological polar surface area (TPSA) is 205 Å². The second-order valence-corrected chi connectivity index (χ2v) is 13.3. The van der Waals surface area contributed by atoms with Gasteiger partial charge in [-0.2, -0.15) is 0 Å². The summed E-state index contributed by atoms with van der Waals surface area (Å²) in [4.78, 5) is 61.5. The zero-order valence-corrected chi connectivity index (χ0v) is 27.9. The van der Waals surface area contributed by atoms with Crippen molar-refractivity contribution < 1.29 is 61.7 Å². The van der Waals surface area contributed by atoms with Crippen LogP contribution in [0.3, 0.4) is 0 Å². The molecule has 0 saturated heterocycles. The number of carboxylic acids is 1. The van der Waals surface area contributed by atoms with E-state index in [2.05, 4.69) is 10.6 Å². The fraction of sp³-hybridized carbons (Fsp3) is 0.633. The average Bonchev–Trinajstić information content (AvgIpc) is 3.35. The molecule has 46 heavy (non-hydrogen) atoms. The standard InChI is InChI=1S/C30H46N2O13Si/c1-6-43-46(44-7-2,45-8-3)11-9-10-40-26(36)17-41-30(39)20-12-19(4)13-21(14-20)32-29(38)27-22(16-25(34)35)23(28(37)31-5)15-24(27)42-18-33/h12-14,18,22-24,26-27,36H,6-11,15-17H2,1-5H3,(H,31,37)(H,32,38)(H,34,35). The molecule has 2 rings (SSSR count). The summed E-state index contributed by atoms with van der Waals surface area (Å²) in [5, 5.41) is 24.8. The molecule has 5 atom stereocenters. The van der Waals surface area contributed by atoms with Crippen molar-refractivity contribution in [3.05, 3.63) is 29.3 Å². The molecule has 15 nitrogen and oxygen atoms in total. The van der Waals surface area contributed by atoms with Crippen molar-refractivity contribution in [1.29, 1.82) is 0 Å². The number of ether oxygens (including phenoxy) is 3. The van der Waals surface area contributed by atoms with E-state index in [-0.39, 0.29) is 30.8 Å². The molecule has 0 aliphatic heterocycles. The molecular weight excluding hydrogens is 624 g/mol. The molecule has 0 spiro atoms. The highest BCUT2D eigenvalue weighted by Gasteiger charge is 2.51. The van der Waals surface area contributed by atoms with Crippen LogP contribution in [-0.4, -0.2) is 102 Å². The quantitative estimate of drug-likeness (QED) is 0.0485.